The topological polar surface area (TPSA) is 12.4 Å². The summed E-state index contributed by atoms with van der Waals surface area (Å²) < 4.78 is 0. The molecule has 0 aromatic rings. The minimum absolute atomic E-state index is 0.843. The second-order valence-electron chi connectivity index (χ2n) is 3.01. The van der Waals surface area contributed by atoms with E-state index in [1.807, 2.05) is 6.21 Å². The van der Waals surface area contributed by atoms with Crippen LogP contribution < -0.4 is 0 Å². The van der Waals surface area contributed by atoms with Gasteiger partial charge < -0.3 is 0 Å². The standard InChI is InChI=1S/C9H19N/c1-4-10-8-6-5-7-9(2)3/h8-9H,4-7H2,1-3H3. The van der Waals surface area contributed by atoms with Crippen LogP contribution in [-0.4, -0.2) is 12.8 Å². The lowest BCUT2D eigenvalue weighted by Gasteiger charge is -1.99. The minimum atomic E-state index is 0.843. The summed E-state index contributed by atoms with van der Waals surface area (Å²) in [6, 6.07) is 0. The lowest BCUT2D eigenvalue weighted by molar-refractivity contribution is 0.566. The molecular formula is C9H19N. The van der Waals surface area contributed by atoms with Crippen LogP contribution in [0.1, 0.15) is 40.0 Å². The molecule has 0 aliphatic rings. The van der Waals surface area contributed by atoms with Gasteiger partial charge in [-0.3, -0.25) is 4.99 Å². The highest BCUT2D eigenvalue weighted by Crippen LogP contribution is 2.04. The first-order valence-corrected chi connectivity index (χ1v) is 4.25. The van der Waals surface area contributed by atoms with Gasteiger partial charge in [-0.25, -0.2) is 0 Å². The number of nitrogens with zero attached hydrogens (tertiary/aromatic N) is 1. The van der Waals surface area contributed by atoms with Gasteiger partial charge in [0.1, 0.15) is 0 Å². The molecule has 10 heavy (non-hydrogen) atoms. The zero-order chi connectivity index (χ0) is 7.82. The number of hydrogen-bond acceptors (Lipinski definition) is 1. The van der Waals surface area contributed by atoms with Gasteiger partial charge in [0.15, 0.2) is 0 Å². The van der Waals surface area contributed by atoms with Crippen molar-refractivity contribution >= 4 is 6.21 Å². The van der Waals surface area contributed by atoms with Gasteiger partial charge in [-0.15, -0.1) is 0 Å². The van der Waals surface area contributed by atoms with Crippen molar-refractivity contribution < 1.29 is 0 Å². The summed E-state index contributed by atoms with van der Waals surface area (Å²) in [6.07, 6.45) is 5.82. The maximum atomic E-state index is 4.14. The summed E-state index contributed by atoms with van der Waals surface area (Å²) >= 11 is 0. The van der Waals surface area contributed by atoms with Crippen LogP contribution in [0.5, 0.6) is 0 Å². The van der Waals surface area contributed by atoms with Gasteiger partial charge in [-0.1, -0.05) is 20.3 Å². The summed E-state index contributed by atoms with van der Waals surface area (Å²) in [5.74, 6) is 0.843. The smallest absolute Gasteiger partial charge is 0.0357 e. The Morgan fingerprint density at radius 1 is 1.40 bits per heavy atom. The molecule has 0 atom stereocenters. The van der Waals surface area contributed by atoms with E-state index in [1.54, 1.807) is 0 Å². The number of aliphatic imine (C=N–C) groups is 1. The van der Waals surface area contributed by atoms with Crippen molar-refractivity contribution in [2.75, 3.05) is 6.54 Å². The summed E-state index contributed by atoms with van der Waals surface area (Å²) in [7, 11) is 0. The van der Waals surface area contributed by atoms with E-state index < -0.39 is 0 Å². The quantitative estimate of drug-likeness (QED) is 0.412. The average Bonchev–Trinajstić information content (AvgIpc) is 1.87. The molecule has 0 saturated carbocycles. The maximum Gasteiger partial charge on any atom is 0.0357 e. The minimum Gasteiger partial charge on any atom is -0.298 e. The molecule has 0 heterocycles. The fourth-order valence-electron chi connectivity index (χ4n) is 0.838. The highest BCUT2D eigenvalue weighted by Gasteiger charge is 1.90. The van der Waals surface area contributed by atoms with Gasteiger partial charge in [0.05, 0.1) is 0 Å². The van der Waals surface area contributed by atoms with Crippen LogP contribution in [0.3, 0.4) is 0 Å². The van der Waals surface area contributed by atoms with Gasteiger partial charge in [0.2, 0.25) is 0 Å². The molecule has 0 N–H and O–H groups in total. The van der Waals surface area contributed by atoms with Crippen molar-refractivity contribution in [3.63, 3.8) is 0 Å². The van der Waals surface area contributed by atoms with Crippen molar-refractivity contribution in [1.82, 2.24) is 0 Å². The molecule has 0 aliphatic heterocycles. The molecule has 60 valence electrons. The molecule has 0 aromatic carbocycles. The van der Waals surface area contributed by atoms with E-state index >= 15 is 0 Å². The highest BCUT2D eigenvalue weighted by atomic mass is 14.7. The monoisotopic (exact) mass is 141 g/mol. The van der Waals surface area contributed by atoms with E-state index in [1.165, 1.54) is 12.8 Å². The van der Waals surface area contributed by atoms with Crippen molar-refractivity contribution in [3.05, 3.63) is 0 Å². The van der Waals surface area contributed by atoms with Crippen molar-refractivity contribution in [3.8, 4) is 0 Å². The summed E-state index contributed by atoms with van der Waals surface area (Å²) in [6.45, 7) is 7.52. The van der Waals surface area contributed by atoms with Gasteiger partial charge in [-0.2, -0.15) is 0 Å². The molecule has 0 aromatic heterocycles. The van der Waals surface area contributed by atoms with Crippen LogP contribution in [0, 0.1) is 5.92 Å². The van der Waals surface area contributed by atoms with Crippen LogP contribution >= 0.6 is 0 Å². The lowest BCUT2D eigenvalue weighted by Crippen LogP contribution is -1.87. The second kappa shape index (κ2) is 6.79. The number of rotatable bonds is 5. The third-order valence-corrected chi connectivity index (χ3v) is 1.43. The summed E-state index contributed by atoms with van der Waals surface area (Å²) in [5, 5.41) is 0. The van der Waals surface area contributed by atoms with Crippen LogP contribution in [0.15, 0.2) is 4.99 Å². The predicted octanol–water partition coefficient (Wildman–Crippen LogP) is 2.90. The maximum absolute atomic E-state index is 4.14. The summed E-state index contributed by atoms with van der Waals surface area (Å²) in [5.41, 5.74) is 0. The second-order valence-corrected chi connectivity index (χ2v) is 3.01. The first kappa shape index (κ1) is 9.67. The van der Waals surface area contributed by atoms with E-state index in [4.69, 9.17) is 0 Å². The van der Waals surface area contributed by atoms with E-state index in [9.17, 15) is 0 Å². The molecule has 1 heteroatoms. The van der Waals surface area contributed by atoms with Gasteiger partial charge >= 0.3 is 0 Å². The van der Waals surface area contributed by atoms with E-state index in [0.717, 1.165) is 18.9 Å². The first-order chi connectivity index (χ1) is 4.77. The van der Waals surface area contributed by atoms with E-state index in [0.29, 0.717) is 0 Å². The Labute approximate surface area is 64.6 Å². The molecule has 0 unspecified atom stereocenters. The van der Waals surface area contributed by atoms with Crippen molar-refractivity contribution in [2.45, 2.75) is 40.0 Å². The number of unbranched alkanes of at least 4 members (excludes halogenated alkanes) is 1. The number of hydrogen-bond donors (Lipinski definition) is 0. The largest absolute Gasteiger partial charge is 0.298 e. The molecular weight excluding hydrogens is 122 g/mol. The van der Waals surface area contributed by atoms with Crippen LogP contribution in [0.4, 0.5) is 0 Å². The Balaban J connectivity index is 2.97. The SMILES string of the molecule is CCN=CCCCC(C)C. The van der Waals surface area contributed by atoms with Crippen LogP contribution in [-0.2, 0) is 0 Å². The normalized spacial score (nSPS) is 11.6. The first-order valence-electron chi connectivity index (χ1n) is 4.25. The highest BCUT2D eigenvalue weighted by molar-refractivity contribution is 5.56. The molecule has 0 fully saturated rings. The van der Waals surface area contributed by atoms with Crippen molar-refractivity contribution in [1.29, 1.82) is 0 Å². The zero-order valence-corrected chi connectivity index (χ0v) is 7.43. The summed E-state index contributed by atoms with van der Waals surface area (Å²) in [4.78, 5) is 4.14. The Morgan fingerprint density at radius 3 is 2.60 bits per heavy atom. The Bertz CT molecular complexity index is 84.7. The van der Waals surface area contributed by atoms with Gasteiger partial charge in [0.25, 0.3) is 0 Å². The Morgan fingerprint density at radius 2 is 2.10 bits per heavy atom. The Hall–Kier alpha value is -0.330. The molecule has 0 saturated heterocycles. The van der Waals surface area contributed by atoms with Crippen molar-refractivity contribution in [2.24, 2.45) is 10.9 Å². The molecule has 0 aliphatic carbocycles. The third kappa shape index (κ3) is 7.67. The van der Waals surface area contributed by atoms with Gasteiger partial charge in [0, 0.05) is 6.54 Å². The molecule has 0 rings (SSSR count). The fourth-order valence-corrected chi connectivity index (χ4v) is 0.838. The lowest BCUT2D eigenvalue weighted by atomic mass is 10.1. The van der Waals surface area contributed by atoms with Gasteiger partial charge in [-0.05, 0) is 31.9 Å². The molecule has 0 bridgehead atoms. The predicted molar refractivity (Wildman–Crippen MR) is 47.7 cm³/mol. The zero-order valence-electron chi connectivity index (χ0n) is 7.43. The average molecular weight is 141 g/mol. The Kier molecular flexibility index (Phi) is 6.56. The molecule has 0 radical (unpaired) electrons. The third-order valence-electron chi connectivity index (χ3n) is 1.43. The van der Waals surface area contributed by atoms with Crippen LogP contribution in [0.25, 0.3) is 0 Å². The molecule has 1 nitrogen and oxygen atoms in total. The van der Waals surface area contributed by atoms with Crippen LogP contribution in [0.2, 0.25) is 0 Å². The fraction of sp³-hybridized carbons (Fsp3) is 0.889. The van der Waals surface area contributed by atoms with E-state index in [2.05, 4.69) is 25.8 Å². The van der Waals surface area contributed by atoms with E-state index in [-0.39, 0.29) is 0 Å². The molecule has 0 amide bonds. The molecule has 0 spiro atoms.